The fourth-order valence-electron chi connectivity index (χ4n) is 2.56. The predicted octanol–water partition coefficient (Wildman–Crippen LogP) is 4.20. The van der Waals surface area contributed by atoms with Gasteiger partial charge in [-0.3, -0.25) is 5.41 Å². The van der Waals surface area contributed by atoms with Crippen LogP contribution in [0.3, 0.4) is 0 Å². The Morgan fingerprint density at radius 1 is 1.16 bits per heavy atom. The van der Waals surface area contributed by atoms with Crippen LogP contribution in [0.2, 0.25) is 0 Å². The highest BCUT2D eigenvalue weighted by Gasteiger charge is 2.17. The lowest BCUT2D eigenvalue weighted by Gasteiger charge is -2.10. The van der Waals surface area contributed by atoms with E-state index in [1.54, 1.807) is 19.2 Å². The van der Waals surface area contributed by atoms with Crippen molar-refractivity contribution in [3.63, 3.8) is 0 Å². The summed E-state index contributed by atoms with van der Waals surface area (Å²) in [5.41, 5.74) is 2.21. The van der Waals surface area contributed by atoms with Gasteiger partial charge in [-0.05, 0) is 17.2 Å². The molecule has 0 radical (unpaired) electrons. The average Bonchev–Trinajstić information content (AvgIpc) is 3.10. The Kier molecular flexibility index (Phi) is 4.79. The molecule has 3 rings (SSSR count). The molecule has 0 aliphatic carbocycles. The fraction of sp³-hybridized carbons (Fsp3) is 0.158. The van der Waals surface area contributed by atoms with E-state index >= 15 is 0 Å². The van der Waals surface area contributed by atoms with E-state index < -0.39 is 0 Å². The van der Waals surface area contributed by atoms with Gasteiger partial charge >= 0.3 is 0 Å². The molecule has 128 valence electrons. The van der Waals surface area contributed by atoms with Crippen LogP contribution in [0, 0.1) is 11.2 Å². The Morgan fingerprint density at radius 2 is 1.92 bits per heavy atom. The summed E-state index contributed by atoms with van der Waals surface area (Å²) in [4.78, 5) is 0. The largest absolute Gasteiger partial charge is 0.359 e. The van der Waals surface area contributed by atoms with Crippen molar-refractivity contribution < 1.29 is 8.91 Å². The van der Waals surface area contributed by atoms with Gasteiger partial charge in [-0.25, -0.2) is 4.39 Å². The molecule has 1 unspecified atom stereocenters. The zero-order chi connectivity index (χ0) is 17.8. The zero-order valence-electron chi connectivity index (χ0n) is 14.0. The first-order chi connectivity index (χ1) is 12.1. The van der Waals surface area contributed by atoms with Crippen LogP contribution in [0.5, 0.6) is 0 Å². The molecule has 0 bridgehead atoms. The third-order valence-corrected chi connectivity index (χ3v) is 4.04. The van der Waals surface area contributed by atoms with Crippen LogP contribution >= 0.6 is 0 Å². The van der Waals surface area contributed by atoms with Crippen molar-refractivity contribution in [3.05, 3.63) is 71.7 Å². The second-order valence-corrected chi connectivity index (χ2v) is 5.69. The number of hydrogen-bond acceptors (Lipinski definition) is 3. The second-order valence-electron chi connectivity index (χ2n) is 5.69. The van der Waals surface area contributed by atoms with Crippen LogP contribution in [0.4, 0.5) is 10.2 Å². The summed E-state index contributed by atoms with van der Waals surface area (Å²) in [6.07, 6.45) is 0. The minimum absolute atomic E-state index is 0.116. The van der Waals surface area contributed by atoms with Gasteiger partial charge in [-0.15, -0.1) is 0 Å². The first-order valence-corrected chi connectivity index (χ1v) is 7.93. The average molecular weight is 338 g/mol. The molecule has 3 aromatic rings. The summed E-state index contributed by atoms with van der Waals surface area (Å²) in [5.74, 6) is 0.711. The zero-order valence-corrected chi connectivity index (χ0v) is 14.0. The highest BCUT2D eigenvalue weighted by Crippen LogP contribution is 2.30. The van der Waals surface area contributed by atoms with E-state index in [1.165, 1.54) is 6.07 Å². The molecule has 0 saturated heterocycles. The molecule has 2 aromatic carbocycles. The molecule has 5 nitrogen and oxygen atoms in total. The van der Waals surface area contributed by atoms with Crippen molar-refractivity contribution in [2.45, 2.75) is 12.8 Å². The maximum atomic E-state index is 14.5. The van der Waals surface area contributed by atoms with E-state index in [4.69, 9.17) is 9.93 Å². The van der Waals surface area contributed by atoms with Crippen molar-refractivity contribution in [1.82, 2.24) is 10.5 Å². The molecule has 0 amide bonds. The maximum Gasteiger partial charge on any atom is 0.193 e. The van der Waals surface area contributed by atoms with E-state index in [0.717, 1.165) is 11.1 Å². The number of halogens is 1. The number of rotatable bonds is 4. The number of guanidine groups is 1. The molecule has 3 N–H and O–H groups in total. The molecule has 25 heavy (non-hydrogen) atoms. The number of nitrogens with one attached hydrogen (secondary N) is 3. The lowest BCUT2D eigenvalue weighted by Crippen LogP contribution is -2.25. The molecule has 1 aromatic heterocycles. The monoisotopic (exact) mass is 338 g/mol. The van der Waals surface area contributed by atoms with E-state index in [0.29, 0.717) is 17.1 Å². The summed E-state index contributed by atoms with van der Waals surface area (Å²) in [7, 11) is 1.63. The maximum absolute atomic E-state index is 14.5. The second kappa shape index (κ2) is 7.17. The van der Waals surface area contributed by atoms with Crippen LogP contribution in [0.25, 0.3) is 11.1 Å². The van der Waals surface area contributed by atoms with Crippen LogP contribution < -0.4 is 10.6 Å². The molecule has 0 spiro atoms. The van der Waals surface area contributed by atoms with Crippen LogP contribution in [-0.2, 0) is 0 Å². The summed E-state index contributed by atoms with van der Waals surface area (Å²) in [6, 6.07) is 16.3. The Bertz CT molecular complexity index is 876. The van der Waals surface area contributed by atoms with E-state index in [1.807, 2.05) is 43.3 Å². The van der Waals surface area contributed by atoms with Gasteiger partial charge in [-0.1, -0.05) is 54.5 Å². The number of benzene rings is 2. The third-order valence-electron chi connectivity index (χ3n) is 4.04. The Morgan fingerprint density at radius 3 is 2.60 bits per heavy atom. The van der Waals surface area contributed by atoms with Crippen molar-refractivity contribution >= 4 is 11.8 Å². The summed E-state index contributed by atoms with van der Waals surface area (Å²) in [5, 5.41) is 16.8. The van der Waals surface area contributed by atoms with Gasteiger partial charge in [0.15, 0.2) is 11.8 Å². The summed E-state index contributed by atoms with van der Waals surface area (Å²) in [6.45, 7) is 1.92. The molecule has 0 aliphatic heterocycles. The summed E-state index contributed by atoms with van der Waals surface area (Å²) < 4.78 is 19.9. The quantitative estimate of drug-likeness (QED) is 0.492. The van der Waals surface area contributed by atoms with Crippen LogP contribution in [0.15, 0.2) is 59.1 Å². The predicted molar refractivity (Wildman–Crippen MR) is 96.3 cm³/mol. The van der Waals surface area contributed by atoms with E-state index in [9.17, 15) is 4.39 Å². The van der Waals surface area contributed by atoms with Gasteiger partial charge in [0.1, 0.15) is 11.6 Å². The van der Waals surface area contributed by atoms with Gasteiger partial charge in [0.05, 0.1) is 0 Å². The molecule has 0 saturated carbocycles. The number of nitrogens with zero attached hydrogens (tertiary/aromatic N) is 1. The van der Waals surface area contributed by atoms with Gasteiger partial charge in [0.25, 0.3) is 0 Å². The minimum atomic E-state index is -0.273. The third kappa shape index (κ3) is 3.68. The lowest BCUT2D eigenvalue weighted by molar-refractivity contribution is 0.378. The van der Waals surface area contributed by atoms with Crippen molar-refractivity contribution in [1.29, 1.82) is 5.41 Å². The van der Waals surface area contributed by atoms with Gasteiger partial charge in [0.2, 0.25) is 0 Å². The molecule has 6 heteroatoms. The Balaban J connectivity index is 1.82. The first kappa shape index (κ1) is 16.7. The first-order valence-electron chi connectivity index (χ1n) is 7.93. The fourth-order valence-corrected chi connectivity index (χ4v) is 2.56. The van der Waals surface area contributed by atoms with E-state index in [2.05, 4.69) is 15.8 Å². The highest BCUT2D eigenvalue weighted by atomic mass is 19.1. The standard InChI is InChI=1S/C19H19FN4O/c1-12(17-11-18(24-25-17)23-19(21)22-2)14-8-9-15(16(20)10-14)13-6-4-3-5-7-13/h3-12H,1-2H3,(H3,21,22,23,24). The molecule has 0 fully saturated rings. The number of anilines is 1. The lowest BCUT2D eigenvalue weighted by atomic mass is 9.95. The van der Waals surface area contributed by atoms with Gasteiger partial charge in [-0.2, -0.15) is 0 Å². The summed E-state index contributed by atoms with van der Waals surface area (Å²) >= 11 is 0. The normalized spacial score (nSPS) is 11.8. The molecule has 0 aliphatic rings. The number of hydrogen-bond donors (Lipinski definition) is 3. The van der Waals surface area contributed by atoms with Gasteiger partial charge in [0, 0.05) is 24.6 Å². The smallest absolute Gasteiger partial charge is 0.193 e. The Labute approximate surface area is 145 Å². The van der Waals surface area contributed by atoms with Crippen LogP contribution in [0.1, 0.15) is 24.2 Å². The van der Waals surface area contributed by atoms with Crippen molar-refractivity contribution in [2.75, 3.05) is 12.4 Å². The topological polar surface area (TPSA) is 73.9 Å². The Hall–Kier alpha value is -3.15. The molecular weight excluding hydrogens is 319 g/mol. The minimum Gasteiger partial charge on any atom is -0.359 e. The molecular formula is C19H19FN4O. The van der Waals surface area contributed by atoms with E-state index in [-0.39, 0.29) is 17.7 Å². The van der Waals surface area contributed by atoms with Gasteiger partial charge < -0.3 is 15.2 Å². The molecule has 1 atom stereocenters. The van der Waals surface area contributed by atoms with Crippen molar-refractivity contribution in [2.24, 2.45) is 0 Å². The number of aromatic nitrogens is 1. The van der Waals surface area contributed by atoms with Crippen LogP contribution in [-0.4, -0.2) is 18.2 Å². The molecule has 1 heterocycles. The SMILES string of the molecule is CNC(=N)Nc1cc(C(C)c2ccc(-c3ccccc3)c(F)c2)on1. The van der Waals surface area contributed by atoms with Crippen molar-refractivity contribution in [3.8, 4) is 11.1 Å². The highest BCUT2D eigenvalue weighted by molar-refractivity contribution is 5.89.